The van der Waals surface area contributed by atoms with Crippen LogP contribution in [0, 0.1) is 0 Å². The van der Waals surface area contributed by atoms with Gasteiger partial charge in [0.05, 0.1) is 0 Å². The Morgan fingerprint density at radius 3 is 2.50 bits per heavy atom. The van der Waals surface area contributed by atoms with Crippen LogP contribution in [0.5, 0.6) is 5.75 Å². The summed E-state index contributed by atoms with van der Waals surface area (Å²) in [5, 5.41) is 15.3. The highest BCUT2D eigenvalue weighted by Crippen LogP contribution is 2.30. The van der Waals surface area contributed by atoms with E-state index in [1.54, 1.807) is 0 Å². The van der Waals surface area contributed by atoms with Crippen molar-refractivity contribution in [1.82, 2.24) is 0 Å². The van der Waals surface area contributed by atoms with E-state index in [0.717, 1.165) is 45.7 Å². The quantitative estimate of drug-likeness (QED) is 0.365. The van der Waals surface area contributed by atoms with E-state index in [1.165, 1.54) is 0 Å². The van der Waals surface area contributed by atoms with E-state index in [9.17, 15) is 0 Å². The maximum absolute atomic E-state index is 6.16. The van der Waals surface area contributed by atoms with E-state index in [4.69, 9.17) is 4.74 Å². The third-order valence-corrected chi connectivity index (χ3v) is 5.39. The van der Waals surface area contributed by atoms with Crippen LogP contribution in [0.2, 0.25) is 0 Å². The van der Waals surface area contributed by atoms with Crippen molar-refractivity contribution in [3.8, 4) is 5.75 Å². The molecule has 0 fully saturated rings. The first kappa shape index (κ1) is 20.2. The third-order valence-electron chi connectivity index (χ3n) is 4.90. The van der Waals surface area contributed by atoms with Gasteiger partial charge in [-0.3, -0.25) is 0 Å². The van der Waals surface area contributed by atoms with Crippen LogP contribution < -0.4 is 9.64 Å². The zero-order valence-corrected chi connectivity index (χ0v) is 18.2. The van der Waals surface area contributed by atoms with Crippen LogP contribution in [0.15, 0.2) is 97.9 Å². The number of hydrogen-bond acceptors (Lipinski definition) is 6. The van der Waals surface area contributed by atoms with Crippen LogP contribution in [0.4, 0.5) is 5.69 Å². The summed E-state index contributed by atoms with van der Waals surface area (Å²) >= 11 is 3.60. The van der Waals surface area contributed by atoms with Crippen LogP contribution in [0.25, 0.3) is 0 Å². The minimum absolute atomic E-state index is 0.348. The SMILES string of the molecule is CCN(Cc1cc(Br)ccc1OCc1ccccc1)c1cccc(C2N=NN=N2)c1. The Morgan fingerprint density at radius 1 is 0.933 bits per heavy atom. The van der Waals surface area contributed by atoms with Gasteiger partial charge in [-0.1, -0.05) is 58.4 Å². The monoisotopic (exact) mass is 463 g/mol. The lowest BCUT2D eigenvalue weighted by atomic mass is 10.1. The highest BCUT2D eigenvalue weighted by molar-refractivity contribution is 9.10. The average molecular weight is 464 g/mol. The van der Waals surface area contributed by atoms with E-state index in [0.29, 0.717) is 6.61 Å². The molecule has 6 nitrogen and oxygen atoms in total. The molecular formula is C23H22BrN5O. The molecule has 7 heteroatoms. The minimum atomic E-state index is -0.348. The van der Waals surface area contributed by atoms with Gasteiger partial charge in [0.25, 0.3) is 0 Å². The number of anilines is 1. The Hall–Kier alpha value is -3.06. The van der Waals surface area contributed by atoms with E-state index in [2.05, 4.69) is 78.8 Å². The molecule has 1 aliphatic rings. The predicted molar refractivity (Wildman–Crippen MR) is 121 cm³/mol. The maximum Gasteiger partial charge on any atom is 0.210 e. The predicted octanol–water partition coefficient (Wildman–Crippen LogP) is 6.89. The lowest BCUT2D eigenvalue weighted by molar-refractivity contribution is 0.302. The molecule has 152 valence electrons. The van der Waals surface area contributed by atoms with Gasteiger partial charge in [0, 0.05) is 34.4 Å². The van der Waals surface area contributed by atoms with E-state index in [-0.39, 0.29) is 6.17 Å². The van der Waals surface area contributed by atoms with Gasteiger partial charge in [-0.25, -0.2) is 0 Å². The number of halogens is 1. The molecular weight excluding hydrogens is 442 g/mol. The number of rotatable bonds is 8. The molecule has 30 heavy (non-hydrogen) atoms. The highest BCUT2D eigenvalue weighted by Gasteiger charge is 2.16. The molecule has 0 saturated heterocycles. The van der Waals surface area contributed by atoms with Gasteiger partial charge in [-0.15, -0.1) is 10.2 Å². The molecule has 0 unspecified atom stereocenters. The van der Waals surface area contributed by atoms with Crippen molar-refractivity contribution in [3.63, 3.8) is 0 Å². The average Bonchev–Trinajstić information content (AvgIpc) is 3.33. The molecule has 4 rings (SSSR count). The molecule has 0 amide bonds. The summed E-state index contributed by atoms with van der Waals surface area (Å²) in [5.41, 5.74) is 4.34. The molecule has 0 saturated carbocycles. The molecule has 0 aliphatic carbocycles. The van der Waals surface area contributed by atoms with Gasteiger partial charge in [0.1, 0.15) is 12.4 Å². The lowest BCUT2D eigenvalue weighted by Crippen LogP contribution is -2.22. The zero-order valence-electron chi connectivity index (χ0n) is 16.6. The van der Waals surface area contributed by atoms with Crippen molar-refractivity contribution < 1.29 is 4.74 Å². The lowest BCUT2D eigenvalue weighted by Gasteiger charge is -2.25. The smallest absolute Gasteiger partial charge is 0.210 e. The molecule has 0 spiro atoms. The normalized spacial score (nSPS) is 13.0. The van der Waals surface area contributed by atoms with Gasteiger partial charge in [0.2, 0.25) is 6.17 Å². The summed E-state index contributed by atoms with van der Waals surface area (Å²) in [6.07, 6.45) is -0.348. The molecule has 1 heterocycles. The molecule has 0 bridgehead atoms. The van der Waals surface area contributed by atoms with Crippen LogP contribution in [-0.2, 0) is 13.2 Å². The van der Waals surface area contributed by atoms with E-state index in [1.807, 2.05) is 42.5 Å². The summed E-state index contributed by atoms with van der Waals surface area (Å²) in [6, 6.07) is 24.6. The number of nitrogens with zero attached hydrogens (tertiary/aromatic N) is 5. The second kappa shape index (κ2) is 9.63. The summed E-state index contributed by atoms with van der Waals surface area (Å²) < 4.78 is 7.19. The fraction of sp³-hybridized carbons (Fsp3) is 0.217. The van der Waals surface area contributed by atoms with Gasteiger partial charge in [-0.05, 0) is 53.3 Å². The maximum atomic E-state index is 6.16. The van der Waals surface area contributed by atoms with E-state index >= 15 is 0 Å². The molecule has 3 aromatic rings. The second-order valence-corrected chi connectivity index (χ2v) is 7.83. The van der Waals surface area contributed by atoms with Crippen molar-refractivity contribution in [2.75, 3.05) is 11.4 Å². The Kier molecular flexibility index (Phi) is 6.49. The molecule has 0 radical (unpaired) electrons. The van der Waals surface area contributed by atoms with Gasteiger partial charge < -0.3 is 9.64 Å². The first-order valence-electron chi connectivity index (χ1n) is 9.83. The summed E-state index contributed by atoms with van der Waals surface area (Å²) in [4.78, 5) is 2.30. The zero-order chi connectivity index (χ0) is 20.8. The van der Waals surface area contributed by atoms with Crippen molar-refractivity contribution >= 4 is 21.6 Å². The first-order valence-corrected chi connectivity index (χ1v) is 10.6. The van der Waals surface area contributed by atoms with Crippen molar-refractivity contribution in [3.05, 3.63) is 94.0 Å². The third kappa shape index (κ3) is 4.91. The number of ether oxygens (including phenoxy) is 1. The van der Waals surface area contributed by atoms with Crippen molar-refractivity contribution in [1.29, 1.82) is 0 Å². The minimum Gasteiger partial charge on any atom is -0.489 e. The van der Waals surface area contributed by atoms with Crippen LogP contribution in [0.1, 0.15) is 29.8 Å². The Morgan fingerprint density at radius 2 is 1.73 bits per heavy atom. The van der Waals surface area contributed by atoms with E-state index < -0.39 is 0 Å². The summed E-state index contributed by atoms with van der Waals surface area (Å²) in [5.74, 6) is 0.884. The first-order chi connectivity index (χ1) is 14.7. The molecule has 3 aromatic carbocycles. The van der Waals surface area contributed by atoms with Crippen LogP contribution in [-0.4, -0.2) is 6.54 Å². The standard InChI is InChI=1S/C23H22BrN5O/c1-2-29(21-10-6-9-18(14-21)23-25-27-28-26-23)15-19-13-20(24)11-12-22(19)30-16-17-7-4-3-5-8-17/h3-14,23H,2,15-16H2,1H3. The number of hydrogen-bond donors (Lipinski definition) is 0. The summed E-state index contributed by atoms with van der Waals surface area (Å²) in [7, 11) is 0. The van der Waals surface area contributed by atoms with Gasteiger partial charge in [0.15, 0.2) is 0 Å². The Bertz CT molecular complexity index is 1040. The van der Waals surface area contributed by atoms with Crippen LogP contribution >= 0.6 is 15.9 Å². The fourth-order valence-corrected chi connectivity index (χ4v) is 3.73. The van der Waals surface area contributed by atoms with Gasteiger partial charge in [-0.2, -0.15) is 0 Å². The Balaban J connectivity index is 1.54. The van der Waals surface area contributed by atoms with Crippen LogP contribution in [0.3, 0.4) is 0 Å². The second-order valence-electron chi connectivity index (χ2n) is 6.92. The van der Waals surface area contributed by atoms with Gasteiger partial charge >= 0.3 is 0 Å². The topological polar surface area (TPSA) is 61.9 Å². The molecule has 0 atom stereocenters. The van der Waals surface area contributed by atoms with Crippen molar-refractivity contribution in [2.24, 2.45) is 20.7 Å². The van der Waals surface area contributed by atoms with Crippen molar-refractivity contribution in [2.45, 2.75) is 26.2 Å². The number of benzene rings is 3. The molecule has 0 N–H and O–H groups in total. The largest absolute Gasteiger partial charge is 0.489 e. The Labute approximate surface area is 184 Å². The highest BCUT2D eigenvalue weighted by atomic mass is 79.9. The summed E-state index contributed by atoms with van der Waals surface area (Å²) in [6.45, 7) is 4.25. The fourth-order valence-electron chi connectivity index (χ4n) is 3.32. The molecule has 1 aliphatic heterocycles. The molecule has 0 aromatic heterocycles.